The highest BCUT2D eigenvalue weighted by atomic mass is 35.5. The Labute approximate surface area is 110 Å². The smallest absolute Gasteiger partial charge is 0.275 e. The van der Waals surface area contributed by atoms with E-state index < -0.39 is 4.92 Å². The first-order chi connectivity index (χ1) is 8.56. The van der Waals surface area contributed by atoms with Gasteiger partial charge in [0, 0.05) is 36.3 Å². The van der Waals surface area contributed by atoms with Crippen molar-refractivity contribution in [1.82, 2.24) is 4.90 Å². The zero-order valence-electron chi connectivity index (χ0n) is 9.88. The summed E-state index contributed by atoms with van der Waals surface area (Å²) in [4.78, 5) is 12.7. The van der Waals surface area contributed by atoms with Crippen LogP contribution in [0.15, 0.2) is 18.2 Å². The fraction of sp³-hybridized carbons (Fsp3) is 0.500. The first-order valence-corrected chi connectivity index (χ1v) is 6.27. The molecule has 1 saturated heterocycles. The lowest BCUT2D eigenvalue weighted by molar-refractivity contribution is -0.385. The van der Waals surface area contributed by atoms with Crippen LogP contribution in [0.4, 0.5) is 5.69 Å². The van der Waals surface area contributed by atoms with Gasteiger partial charge in [-0.1, -0.05) is 11.6 Å². The molecule has 5 nitrogen and oxygen atoms in total. The minimum atomic E-state index is -0.403. The number of hydrogen-bond acceptors (Lipinski definition) is 4. The topological polar surface area (TPSA) is 66.6 Å². The third-order valence-electron chi connectivity index (χ3n) is 3.20. The SMILES string of the molecule is O=[N+]([O-])c1cc(Cl)ccc1CN1CCC(O)CC1. The molecule has 1 aromatic rings. The lowest BCUT2D eigenvalue weighted by Gasteiger charge is -2.29. The van der Waals surface area contributed by atoms with Crippen LogP contribution in [-0.4, -0.2) is 34.1 Å². The molecule has 0 radical (unpaired) electrons. The Bertz CT molecular complexity index is 445. The predicted molar refractivity (Wildman–Crippen MR) is 68.6 cm³/mol. The molecular formula is C12H15ClN2O3. The Kier molecular flexibility index (Phi) is 4.16. The van der Waals surface area contributed by atoms with E-state index in [0.29, 0.717) is 17.1 Å². The average molecular weight is 271 g/mol. The predicted octanol–water partition coefficient (Wildman–Crippen LogP) is 2.20. The molecule has 0 atom stereocenters. The maximum absolute atomic E-state index is 11.0. The molecule has 18 heavy (non-hydrogen) atoms. The number of benzene rings is 1. The molecule has 0 saturated carbocycles. The van der Waals surface area contributed by atoms with Gasteiger partial charge in [0.05, 0.1) is 11.0 Å². The van der Waals surface area contributed by atoms with E-state index in [4.69, 9.17) is 11.6 Å². The number of halogens is 1. The average Bonchev–Trinajstić information content (AvgIpc) is 2.34. The van der Waals surface area contributed by atoms with Crippen LogP contribution in [0, 0.1) is 10.1 Å². The summed E-state index contributed by atoms with van der Waals surface area (Å²) in [7, 11) is 0. The highest BCUT2D eigenvalue weighted by Gasteiger charge is 2.21. The fourth-order valence-electron chi connectivity index (χ4n) is 2.16. The van der Waals surface area contributed by atoms with E-state index in [1.165, 1.54) is 6.07 Å². The molecule has 0 amide bonds. The molecule has 98 valence electrons. The zero-order chi connectivity index (χ0) is 13.1. The van der Waals surface area contributed by atoms with Crippen molar-refractivity contribution in [2.45, 2.75) is 25.5 Å². The zero-order valence-corrected chi connectivity index (χ0v) is 10.6. The number of likely N-dealkylation sites (tertiary alicyclic amines) is 1. The summed E-state index contributed by atoms with van der Waals surface area (Å²) in [5.74, 6) is 0. The van der Waals surface area contributed by atoms with Crippen LogP contribution in [0.2, 0.25) is 5.02 Å². The van der Waals surface area contributed by atoms with Crippen molar-refractivity contribution in [3.05, 3.63) is 38.9 Å². The number of nitrogens with zero attached hydrogens (tertiary/aromatic N) is 2. The van der Waals surface area contributed by atoms with Gasteiger partial charge < -0.3 is 5.11 Å². The van der Waals surface area contributed by atoms with Crippen molar-refractivity contribution in [1.29, 1.82) is 0 Å². The van der Waals surface area contributed by atoms with Crippen molar-refractivity contribution in [2.75, 3.05) is 13.1 Å². The third-order valence-corrected chi connectivity index (χ3v) is 3.43. The fourth-order valence-corrected chi connectivity index (χ4v) is 2.33. The quantitative estimate of drug-likeness (QED) is 0.675. The third kappa shape index (κ3) is 3.19. The summed E-state index contributed by atoms with van der Waals surface area (Å²) in [6.45, 7) is 2.06. The molecular weight excluding hydrogens is 256 g/mol. The van der Waals surface area contributed by atoms with Gasteiger partial charge in [0.15, 0.2) is 0 Å². The van der Waals surface area contributed by atoms with E-state index in [1.54, 1.807) is 12.1 Å². The van der Waals surface area contributed by atoms with Crippen molar-refractivity contribution in [3.63, 3.8) is 0 Å². The molecule has 1 fully saturated rings. The Morgan fingerprint density at radius 3 is 2.72 bits per heavy atom. The van der Waals surface area contributed by atoms with Gasteiger partial charge in [-0.15, -0.1) is 0 Å². The molecule has 1 aromatic carbocycles. The van der Waals surface area contributed by atoms with Crippen LogP contribution >= 0.6 is 11.6 Å². The number of aliphatic hydroxyl groups is 1. The summed E-state index contributed by atoms with van der Waals surface area (Å²) in [5.41, 5.74) is 0.731. The molecule has 0 spiro atoms. The van der Waals surface area contributed by atoms with Gasteiger partial charge in [-0.05, 0) is 25.0 Å². The van der Waals surface area contributed by atoms with Crippen LogP contribution < -0.4 is 0 Å². The number of piperidine rings is 1. The van der Waals surface area contributed by atoms with Gasteiger partial charge >= 0.3 is 0 Å². The number of rotatable bonds is 3. The van der Waals surface area contributed by atoms with Crippen LogP contribution in [0.3, 0.4) is 0 Å². The molecule has 6 heteroatoms. The lowest BCUT2D eigenvalue weighted by atomic mass is 10.1. The van der Waals surface area contributed by atoms with Crippen molar-refractivity contribution in [2.24, 2.45) is 0 Å². The van der Waals surface area contributed by atoms with Gasteiger partial charge in [0.2, 0.25) is 0 Å². The Balaban J connectivity index is 2.11. The summed E-state index contributed by atoms with van der Waals surface area (Å²) >= 11 is 5.77. The van der Waals surface area contributed by atoms with E-state index in [0.717, 1.165) is 25.9 Å². The normalized spacial score (nSPS) is 17.9. The number of hydrogen-bond donors (Lipinski definition) is 1. The van der Waals surface area contributed by atoms with Gasteiger partial charge in [-0.25, -0.2) is 0 Å². The molecule has 2 rings (SSSR count). The van der Waals surface area contributed by atoms with E-state index in [2.05, 4.69) is 4.90 Å². The first kappa shape index (κ1) is 13.3. The summed E-state index contributed by atoms with van der Waals surface area (Å²) < 4.78 is 0. The largest absolute Gasteiger partial charge is 0.393 e. The second-order valence-corrected chi connectivity index (χ2v) is 4.97. The van der Waals surface area contributed by atoms with E-state index in [-0.39, 0.29) is 11.8 Å². The van der Waals surface area contributed by atoms with Crippen LogP contribution in [0.1, 0.15) is 18.4 Å². The maximum Gasteiger partial charge on any atom is 0.275 e. The highest BCUT2D eigenvalue weighted by Crippen LogP contribution is 2.25. The summed E-state index contributed by atoms with van der Waals surface area (Å²) in [5, 5.41) is 20.8. The second-order valence-electron chi connectivity index (χ2n) is 4.54. The first-order valence-electron chi connectivity index (χ1n) is 5.89. The molecule has 0 aliphatic carbocycles. The molecule has 1 aliphatic rings. The molecule has 0 unspecified atom stereocenters. The Morgan fingerprint density at radius 2 is 2.11 bits per heavy atom. The standard InChI is InChI=1S/C12H15ClN2O3/c13-10-2-1-9(12(7-10)15(17)18)8-14-5-3-11(16)4-6-14/h1-2,7,11,16H,3-6,8H2. The minimum absolute atomic E-state index is 0.0635. The van der Waals surface area contributed by atoms with Crippen LogP contribution in [0.5, 0.6) is 0 Å². The molecule has 1 heterocycles. The maximum atomic E-state index is 11.0. The number of nitro benzene ring substituents is 1. The van der Waals surface area contributed by atoms with Crippen LogP contribution in [-0.2, 0) is 6.54 Å². The summed E-state index contributed by atoms with van der Waals surface area (Å²) in [6.07, 6.45) is 1.21. The minimum Gasteiger partial charge on any atom is -0.393 e. The van der Waals surface area contributed by atoms with Gasteiger partial charge in [-0.2, -0.15) is 0 Å². The van der Waals surface area contributed by atoms with Crippen molar-refractivity contribution in [3.8, 4) is 0 Å². The molecule has 0 aromatic heterocycles. The monoisotopic (exact) mass is 270 g/mol. The van der Waals surface area contributed by atoms with Crippen molar-refractivity contribution >= 4 is 17.3 Å². The Hall–Kier alpha value is -1.17. The number of aliphatic hydroxyl groups excluding tert-OH is 1. The van der Waals surface area contributed by atoms with E-state index in [1.807, 2.05) is 0 Å². The van der Waals surface area contributed by atoms with E-state index >= 15 is 0 Å². The van der Waals surface area contributed by atoms with Crippen molar-refractivity contribution < 1.29 is 10.0 Å². The van der Waals surface area contributed by atoms with Gasteiger partial charge in [0.1, 0.15) is 0 Å². The highest BCUT2D eigenvalue weighted by molar-refractivity contribution is 6.30. The summed E-state index contributed by atoms with van der Waals surface area (Å²) in [6, 6.07) is 4.75. The molecule has 1 N–H and O–H groups in total. The van der Waals surface area contributed by atoms with E-state index in [9.17, 15) is 15.2 Å². The molecule has 0 bridgehead atoms. The lowest BCUT2D eigenvalue weighted by Crippen LogP contribution is -2.35. The number of nitro groups is 1. The molecule has 1 aliphatic heterocycles. The Morgan fingerprint density at radius 1 is 1.44 bits per heavy atom. The van der Waals surface area contributed by atoms with Gasteiger partial charge in [-0.3, -0.25) is 15.0 Å². The second kappa shape index (κ2) is 5.65. The van der Waals surface area contributed by atoms with Crippen LogP contribution in [0.25, 0.3) is 0 Å². The van der Waals surface area contributed by atoms with Gasteiger partial charge in [0.25, 0.3) is 5.69 Å².